The summed E-state index contributed by atoms with van der Waals surface area (Å²) in [5, 5.41) is 2.80. The Balaban J connectivity index is 0.000000126. The highest BCUT2D eigenvalue weighted by molar-refractivity contribution is 5.96. The zero-order valence-electron chi connectivity index (χ0n) is 11.7. The first-order chi connectivity index (χ1) is 10.3. The first-order valence-corrected chi connectivity index (χ1v) is 7.05. The molecule has 0 saturated heterocycles. The van der Waals surface area contributed by atoms with Gasteiger partial charge < -0.3 is 14.8 Å². The molecule has 0 radical (unpaired) electrons. The molecule has 0 bridgehead atoms. The molecule has 2 aromatic carbocycles. The lowest BCUT2D eigenvalue weighted by molar-refractivity contribution is 0.0946. The number of carbonyl (C=O) groups excluding carboxylic acids is 1. The van der Waals surface area contributed by atoms with E-state index in [0.29, 0.717) is 13.2 Å². The molecule has 0 aliphatic carbocycles. The van der Waals surface area contributed by atoms with Crippen molar-refractivity contribution in [1.29, 1.82) is 0 Å². The quantitative estimate of drug-likeness (QED) is 0.808. The van der Waals surface area contributed by atoms with E-state index < -0.39 is 0 Å². The summed E-state index contributed by atoms with van der Waals surface area (Å²) in [4.78, 5) is 11.2. The molecular formula is C17H17NO3. The van der Waals surface area contributed by atoms with Crippen molar-refractivity contribution in [2.45, 2.75) is 6.42 Å². The van der Waals surface area contributed by atoms with Gasteiger partial charge in [-0.05, 0) is 30.2 Å². The molecule has 2 aliphatic heterocycles. The normalized spacial score (nSPS) is 15.1. The summed E-state index contributed by atoms with van der Waals surface area (Å²) >= 11 is 0. The van der Waals surface area contributed by atoms with Gasteiger partial charge >= 0.3 is 0 Å². The van der Waals surface area contributed by atoms with E-state index in [1.54, 1.807) is 0 Å². The van der Waals surface area contributed by atoms with Crippen molar-refractivity contribution >= 4 is 5.91 Å². The van der Waals surface area contributed by atoms with Gasteiger partial charge in [-0.2, -0.15) is 0 Å². The Hall–Kier alpha value is -2.49. The fourth-order valence-electron chi connectivity index (χ4n) is 2.36. The molecule has 4 rings (SSSR count). The van der Waals surface area contributed by atoms with E-state index >= 15 is 0 Å². The Morgan fingerprint density at radius 2 is 1.48 bits per heavy atom. The summed E-state index contributed by atoms with van der Waals surface area (Å²) in [6, 6.07) is 15.4. The largest absolute Gasteiger partial charge is 0.486 e. The zero-order valence-corrected chi connectivity index (χ0v) is 11.7. The minimum absolute atomic E-state index is 0.0619. The number of carbonyl (C=O) groups is 1. The predicted octanol–water partition coefficient (Wildman–Crippen LogP) is 2.43. The van der Waals surface area contributed by atoms with Gasteiger partial charge in [0.15, 0.2) is 11.5 Å². The van der Waals surface area contributed by atoms with Gasteiger partial charge in [0.25, 0.3) is 5.91 Å². The van der Waals surface area contributed by atoms with Crippen LogP contribution in [0.5, 0.6) is 11.5 Å². The smallest absolute Gasteiger partial charge is 0.251 e. The second-order valence-electron chi connectivity index (χ2n) is 4.81. The molecule has 0 saturated carbocycles. The van der Waals surface area contributed by atoms with Gasteiger partial charge in [0.2, 0.25) is 0 Å². The minimum atomic E-state index is 0.0619. The number of amides is 1. The number of hydrogen-bond donors (Lipinski definition) is 1. The summed E-state index contributed by atoms with van der Waals surface area (Å²) in [5.41, 5.74) is 2.00. The van der Waals surface area contributed by atoms with Crippen molar-refractivity contribution in [2.75, 3.05) is 19.8 Å². The maximum Gasteiger partial charge on any atom is 0.251 e. The predicted molar refractivity (Wildman–Crippen MR) is 79.9 cm³/mol. The molecule has 4 heteroatoms. The zero-order chi connectivity index (χ0) is 14.5. The standard InChI is InChI=1S/C9H9NO.C8H8O2/c11-9-8-4-2-1-3-7(8)5-6-10-9;1-2-4-8-7(3-1)9-5-6-10-8/h1-4H,5-6H2,(H,10,11);1-4H,5-6H2. The molecule has 0 atom stereocenters. The number of nitrogens with one attached hydrogen (secondary N) is 1. The van der Waals surface area contributed by atoms with Crippen LogP contribution in [0, 0.1) is 0 Å². The third-order valence-electron chi connectivity index (χ3n) is 3.39. The second-order valence-corrected chi connectivity index (χ2v) is 4.81. The van der Waals surface area contributed by atoms with Crippen molar-refractivity contribution < 1.29 is 14.3 Å². The maximum atomic E-state index is 11.2. The van der Waals surface area contributed by atoms with E-state index in [2.05, 4.69) is 5.32 Å². The molecule has 1 N–H and O–H groups in total. The number of hydrogen-bond acceptors (Lipinski definition) is 3. The van der Waals surface area contributed by atoms with Gasteiger partial charge in [-0.3, -0.25) is 4.79 Å². The fourth-order valence-corrected chi connectivity index (χ4v) is 2.36. The van der Waals surface area contributed by atoms with Crippen LogP contribution >= 0.6 is 0 Å². The molecule has 0 spiro atoms. The minimum Gasteiger partial charge on any atom is -0.486 e. The van der Waals surface area contributed by atoms with Gasteiger partial charge in [0, 0.05) is 12.1 Å². The first-order valence-electron chi connectivity index (χ1n) is 7.05. The SMILES string of the molecule is O=C1NCCc2ccccc21.c1ccc2c(c1)OCCO2. The van der Waals surface area contributed by atoms with Crippen molar-refractivity contribution in [2.24, 2.45) is 0 Å². The van der Waals surface area contributed by atoms with Gasteiger partial charge in [-0.1, -0.05) is 30.3 Å². The van der Waals surface area contributed by atoms with Crippen LogP contribution in [0.2, 0.25) is 0 Å². The lowest BCUT2D eigenvalue weighted by Crippen LogP contribution is -2.31. The maximum absolute atomic E-state index is 11.2. The Labute approximate surface area is 123 Å². The number of benzene rings is 2. The van der Waals surface area contributed by atoms with Crippen LogP contribution in [0.1, 0.15) is 15.9 Å². The average molecular weight is 283 g/mol. The average Bonchev–Trinajstić information content (AvgIpc) is 2.56. The highest BCUT2D eigenvalue weighted by Crippen LogP contribution is 2.28. The van der Waals surface area contributed by atoms with E-state index in [1.165, 1.54) is 0 Å². The van der Waals surface area contributed by atoms with Crippen LogP contribution in [0.3, 0.4) is 0 Å². The van der Waals surface area contributed by atoms with Gasteiger partial charge in [0.1, 0.15) is 13.2 Å². The molecular weight excluding hydrogens is 266 g/mol. The number of fused-ring (bicyclic) bond motifs is 2. The van der Waals surface area contributed by atoms with Crippen LogP contribution in [0.25, 0.3) is 0 Å². The topological polar surface area (TPSA) is 47.6 Å². The summed E-state index contributed by atoms with van der Waals surface area (Å²) < 4.78 is 10.6. The van der Waals surface area contributed by atoms with E-state index in [9.17, 15) is 4.79 Å². The van der Waals surface area contributed by atoms with E-state index in [-0.39, 0.29) is 5.91 Å². The molecule has 108 valence electrons. The van der Waals surface area contributed by atoms with E-state index in [4.69, 9.17) is 9.47 Å². The molecule has 0 aromatic heterocycles. The molecule has 0 fully saturated rings. The van der Waals surface area contributed by atoms with Gasteiger partial charge in [-0.25, -0.2) is 0 Å². The first kappa shape index (κ1) is 13.5. The van der Waals surface area contributed by atoms with Crippen LogP contribution < -0.4 is 14.8 Å². The fraction of sp³-hybridized carbons (Fsp3) is 0.235. The summed E-state index contributed by atoms with van der Waals surface area (Å²) in [7, 11) is 0. The highest BCUT2D eigenvalue weighted by atomic mass is 16.6. The highest BCUT2D eigenvalue weighted by Gasteiger charge is 2.14. The Morgan fingerprint density at radius 3 is 2.14 bits per heavy atom. The molecule has 21 heavy (non-hydrogen) atoms. The van der Waals surface area contributed by atoms with Crippen LogP contribution in [0.15, 0.2) is 48.5 Å². The van der Waals surface area contributed by atoms with Crippen molar-refractivity contribution in [3.63, 3.8) is 0 Å². The van der Waals surface area contributed by atoms with Crippen molar-refractivity contribution in [3.8, 4) is 11.5 Å². The lowest BCUT2D eigenvalue weighted by atomic mass is 10.0. The number of ether oxygens (including phenoxy) is 2. The Bertz CT molecular complexity index is 614. The molecule has 2 aromatic rings. The summed E-state index contributed by atoms with van der Waals surface area (Å²) in [5.74, 6) is 1.77. The van der Waals surface area contributed by atoms with E-state index in [1.807, 2.05) is 48.5 Å². The van der Waals surface area contributed by atoms with Crippen molar-refractivity contribution in [3.05, 3.63) is 59.7 Å². The van der Waals surface area contributed by atoms with Crippen LogP contribution in [-0.2, 0) is 6.42 Å². The number of rotatable bonds is 0. The molecule has 1 amide bonds. The third kappa shape index (κ3) is 3.16. The van der Waals surface area contributed by atoms with Crippen molar-refractivity contribution in [1.82, 2.24) is 5.32 Å². The second kappa shape index (κ2) is 6.31. The Kier molecular flexibility index (Phi) is 4.05. The molecule has 0 unspecified atom stereocenters. The summed E-state index contributed by atoms with van der Waals surface area (Å²) in [6.45, 7) is 2.10. The lowest BCUT2D eigenvalue weighted by Gasteiger charge is -2.17. The van der Waals surface area contributed by atoms with Gasteiger partial charge in [0.05, 0.1) is 0 Å². The monoisotopic (exact) mass is 283 g/mol. The molecule has 2 heterocycles. The van der Waals surface area contributed by atoms with Crippen LogP contribution in [-0.4, -0.2) is 25.7 Å². The number of para-hydroxylation sites is 2. The third-order valence-corrected chi connectivity index (χ3v) is 3.39. The summed E-state index contributed by atoms with van der Waals surface area (Å²) in [6.07, 6.45) is 0.960. The van der Waals surface area contributed by atoms with Crippen LogP contribution in [0.4, 0.5) is 0 Å². The molecule has 2 aliphatic rings. The van der Waals surface area contributed by atoms with Gasteiger partial charge in [-0.15, -0.1) is 0 Å². The van der Waals surface area contributed by atoms with E-state index in [0.717, 1.165) is 35.6 Å². The molecule has 4 nitrogen and oxygen atoms in total. The Morgan fingerprint density at radius 1 is 0.857 bits per heavy atom.